The van der Waals surface area contributed by atoms with E-state index in [0.29, 0.717) is 12.2 Å². The summed E-state index contributed by atoms with van der Waals surface area (Å²) in [4.78, 5) is 13.3. The molecule has 4 nitrogen and oxygen atoms in total. The lowest BCUT2D eigenvalue weighted by atomic mass is 10.3. The molecule has 1 unspecified atom stereocenters. The zero-order valence-electron chi connectivity index (χ0n) is 8.77. The summed E-state index contributed by atoms with van der Waals surface area (Å²) in [7, 11) is 3.51. The van der Waals surface area contributed by atoms with Crippen molar-refractivity contribution in [1.82, 2.24) is 9.47 Å². The molecule has 1 rings (SSSR count). The largest absolute Gasteiger partial charge is 0.392 e. The van der Waals surface area contributed by atoms with E-state index >= 15 is 0 Å². The van der Waals surface area contributed by atoms with Crippen molar-refractivity contribution in [3.05, 3.63) is 24.0 Å². The highest BCUT2D eigenvalue weighted by Crippen LogP contribution is 2.04. The van der Waals surface area contributed by atoms with E-state index in [1.807, 2.05) is 19.3 Å². The van der Waals surface area contributed by atoms with Crippen LogP contribution >= 0.6 is 0 Å². The number of rotatable bonds is 3. The van der Waals surface area contributed by atoms with E-state index in [-0.39, 0.29) is 5.91 Å². The van der Waals surface area contributed by atoms with Crippen LogP contribution in [0, 0.1) is 0 Å². The van der Waals surface area contributed by atoms with Gasteiger partial charge in [-0.25, -0.2) is 0 Å². The molecule has 0 spiro atoms. The monoisotopic (exact) mass is 196 g/mol. The predicted molar refractivity (Wildman–Crippen MR) is 54.1 cm³/mol. The molecule has 78 valence electrons. The van der Waals surface area contributed by atoms with Gasteiger partial charge < -0.3 is 14.6 Å². The van der Waals surface area contributed by atoms with Crippen LogP contribution in [0.25, 0.3) is 0 Å². The smallest absolute Gasteiger partial charge is 0.270 e. The Morgan fingerprint density at radius 2 is 2.36 bits per heavy atom. The van der Waals surface area contributed by atoms with Gasteiger partial charge in [-0.15, -0.1) is 0 Å². The molecule has 14 heavy (non-hydrogen) atoms. The summed E-state index contributed by atoms with van der Waals surface area (Å²) >= 11 is 0. The van der Waals surface area contributed by atoms with E-state index in [9.17, 15) is 4.79 Å². The Kier molecular flexibility index (Phi) is 3.30. The van der Waals surface area contributed by atoms with Gasteiger partial charge in [-0.3, -0.25) is 4.79 Å². The zero-order valence-corrected chi connectivity index (χ0v) is 8.77. The SMILES string of the molecule is CC(O)CN(C)C(=O)c1cccn1C. The number of carbonyl (C=O) groups excluding carboxylic acids is 1. The van der Waals surface area contributed by atoms with Crippen LogP contribution in [-0.4, -0.2) is 40.2 Å². The van der Waals surface area contributed by atoms with Gasteiger partial charge in [0.25, 0.3) is 5.91 Å². The Hall–Kier alpha value is -1.29. The molecule has 0 radical (unpaired) electrons. The Morgan fingerprint density at radius 3 is 2.79 bits per heavy atom. The highest BCUT2D eigenvalue weighted by atomic mass is 16.3. The normalized spacial score (nSPS) is 12.6. The van der Waals surface area contributed by atoms with Crippen LogP contribution in [0.3, 0.4) is 0 Å². The number of amides is 1. The molecule has 0 aliphatic rings. The molecule has 1 N–H and O–H groups in total. The first-order valence-electron chi connectivity index (χ1n) is 4.57. The molecule has 1 aromatic heterocycles. The lowest BCUT2D eigenvalue weighted by Crippen LogP contribution is -2.33. The van der Waals surface area contributed by atoms with Gasteiger partial charge in [-0.2, -0.15) is 0 Å². The minimum Gasteiger partial charge on any atom is -0.392 e. The van der Waals surface area contributed by atoms with E-state index in [1.165, 1.54) is 4.90 Å². The molecule has 0 aromatic carbocycles. The lowest BCUT2D eigenvalue weighted by molar-refractivity contribution is 0.0694. The molecular formula is C10H16N2O2. The quantitative estimate of drug-likeness (QED) is 0.764. The third-order valence-corrected chi connectivity index (χ3v) is 2.05. The maximum Gasteiger partial charge on any atom is 0.270 e. The summed E-state index contributed by atoms with van der Waals surface area (Å²) in [5, 5.41) is 9.14. The van der Waals surface area contributed by atoms with Crippen molar-refractivity contribution >= 4 is 5.91 Å². The van der Waals surface area contributed by atoms with Crippen molar-refractivity contribution in [2.45, 2.75) is 13.0 Å². The first kappa shape index (κ1) is 10.8. The van der Waals surface area contributed by atoms with E-state index < -0.39 is 6.10 Å². The number of nitrogens with zero attached hydrogens (tertiary/aromatic N) is 2. The molecule has 0 saturated carbocycles. The fourth-order valence-electron chi connectivity index (χ4n) is 1.36. The summed E-state index contributed by atoms with van der Waals surface area (Å²) in [6.45, 7) is 2.01. The second-order valence-electron chi connectivity index (χ2n) is 3.54. The average Bonchev–Trinajstić information content (AvgIpc) is 2.48. The number of aromatic nitrogens is 1. The molecule has 1 amide bonds. The van der Waals surface area contributed by atoms with Crippen molar-refractivity contribution in [2.24, 2.45) is 7.05 Å². The van der Waals surface area contributed by atoms with Crippen LogP contribution in [0.15, 0.2) is 18.3 Å². The molecule has 1 atom stereocenters. The van der Waals surface area contributed by atoms with Crippen molar-refractivity contribution in [3.63, 3.8) is 0 Å². The van der Waals surface area contributed by atoms with Gasteiger partial charge in [-0.05, 0) is 19.1 Å². The van der Waals surface area contributed by atoms with Crippen LogP contribution in [0.2, 0.25) is 0 Å². The van der Waals surface area contributed by atoms with Gasteiger partial charge in [0.05, 0.1) is 6.10 Å². The maximum atomic E-state index is 11.8. The van der Waals surface area contributed by atoms with Crippen molar-refractivity contribution in [1.29, 1.82) is 0 Å². The van der Waals surface area contributed by atoms with Gasteiger partial charge in [0.1, 0.15) is 5.69 Å². The van der Waals surface area contributed by atoms with Gasteiger partial charge in [0.15, 0.2) is 0 Å². The van der Waals surface area contributed by atoms with E-state index in [2.05, 4.69) is 0 Å². The second-order valence-corrected chi connectivity index (χ2v) is 3.54. The number of aliphatic hydroxyl groups is 1. The number of hydrogen-bond donors (Lipinski definition) is 1. The highest BCUT2D eigenvalue weighted by Gasteiger charge is 2.15. The summed E-state index contributed by atoms with van der Waals surface area (Å²) in [6.07, 6.45) is 1.33. The minimum absolute atomic E-state index is 0.0709. The zero-order chi connectivity index (χ0) is 10.7. The maximum absolute atomic E-state index is 11.8. The third-order valence-electron chi connectivity index (χ3n) is 2.05. The van der Waals surface area contributed by atoms with Gasteiger partial charge in [-0.1, -0.05) is 0 Å². The molecule has 0 saturated heterocycles. The molecule has 4 heteroatoms. The predicted octanol–water partition coefficient (Wildman–Crippen LogP) is 0.478. The Labute approximate surface area is 83.8 Å². The van der Waals surface area contributed by atoms with Gasteiger partial charge >= 0.3 is 0 Å². The minimum atomic E-state index is -0.496. The Bertz CT molecular complexity index is 318. The van der Waals surface area contributed by atoms with E-state index in [0.717, 1.165) is 0 Å². The summed E-state index contributed by atoms with van der Waals surface area (Å²) < 4.78 is 1.76. The molecule has 1 heterocycles. The van der Waals surface area contributed by atoms with Crippen LogP contribution in [-0.2, 0) is 7.05 Å². The van der Waals surface area contributed by atoms with Crippen LogP contribution < -0.4 is 0 Å². The van der Waals surface area contributed by atoms with Crippen molar-refractivity contribution < 1.29 is 9.90 Å². The van der Waals surface area contributed by atoms with Gasteiger partial charge in [0.2, 0.25) is 0 Å². The molecule has 1 aromatic rings. The first-order chi connectivity index (χ1) is 6.52. The van der Waals surface area contributed by atoms with Crippen LogP contribution in [0.5, 0.6) is 0 Å². The van der Waals surface area contributed by atoms with Crippen LogP contribution in [0.1, 0.15) is 17.4 Å². The number of aliphatic hydroxyl groups excluding tert-OH is 1. The summed E-state index contributed by atoms with van der Waals surface area (Å²) in [5.74, 6) is -0.0709. The number of hydrogen-bond acceptors (Lipinski definition) is 2. The highest BCUT2D eigenvalue weighted by molar-refractivity contribution is 5.92. The van der Waals surface area contributed by atoms with E-state index in [4.69, 9.17) is 5.11 Å². The second kappa shape index (κ2) is 4.28. The average molecular weight is 196 g/mol. The van der Waals surface area contributed by atoms with Gasteiger partial charge in [0, 0.05) is 26.8 Å². The van der Waals surface area contributed by atoms with Crippen molar-refractivity contribution in [2.75, 3.05) is 13.6 Å². The summed E-state index contributed by atoms with van der Waals surface area (Å²) in [6, 6.07) is 3.59. The number of aryl methyl sites for hydroxylation is 1. The fourth-order valence-corrected chi connectivity index (χ4v) is 1.36. The fraction of sp³-hybridized carbons (Fsp3) is 0.500. The van der Waals surface area contributed by atoms with E-state index in [1.54, 1.807) is 24.6 Å². The molecule has 0 bridgehead atoms. The molecule has 0 fully saturated rings. The Balaban J connectivity index is 2.71. The van der Waals surface area contributed by atoms with Crippen LogP contribution in [0.4, 0.5) is 0 Å². The molecule has 0 aliphatic carbocycles. The number of carbonyl (C=O) groups is 1. The first-order valence-corrected chi connectivity index (χ1v) is 4.57. The summed E-state index contributed by atoms with van der Waals surface area (Å²) in [5.41, 5.74) is 0.633. The lowest BCUT2D eigenvalue weighted by Gasteiger charge is -2.18. The third kappa shape index (κ3) is 2.35. The Morgan fingerprint density at radius 1 is 1.71 bits per heavy atom. The molecular weight excluding hydrogens is 180 g/mol. The topological polar surface area (TPSA) is 45.5 Å². The number of likely N-dealkylation sites (N-methyl/N-ethyl adjacent to an activating group) is 1. The standard InChI is InChI=1S/C10H16N2O2/c1-8(13)7-12(3)10(14)9-5-4-6-11(9)2/h4-6,8,13H,7H2,1-3H3. The molecule has 0 aliphatic heterocycles. The van der Waals surface area contributed by atoms with Crippen molar-refractivity contribution in [3.8, 4) is 0 Å².